The SMILES string of the molecule is C(=N/c1ccccn1)/c1ccc2c(c1)OCO2. The normalized spacial score (nSPS) is 13.2. The third-order valence-electron chi connectivity index (χ3n) is 2.39. The van der Waals surface area contributed by atoms with Gasteiger partial charge in [0.2, 0.25) is 6.79 Å². The molecule has 84 valence electrons. The van der Waals surface area contributed by atoms with Gasteiger partial charge in [-0.2, -0.15) is 0 Å². The topological polar surface area (TPSA) is 43.7 Å². The monoisotopic (exact) mass is 226 g/mol. The maximum atomic E-state index is 5.29. The first kappa shape index (κ1) is 9.84. The molecule has 0 spiro atoms. The minimum absolute atomic E-state index is 0.288. The van der Waals surface area contributed by atoms with Gasteiger partial charge in [0.25, 0.3) is 0 Å². The van der Waals surface area contributed by atoms with E-state index < -0.39 is 0 Å². The Kier molecular flexibility index (Phi) is 2.46. The van der Waals surface area contributed by atoms with Gasteiger partial charge < -0.3 is 9.47 Å². The van der Waals surface area contributed by atoms with E-state index in [1.807, 2.05) is 36.4 Å². The third-order valence-corrected chi connectivity index (χ3v) is 2.39. The molecule has 0 amide bonds. The van der Waals surface area contributed by atoms with E-state index in [-0.39, 0.29) is 6.79 Å². The van der Waals surface area contributed by atoms with Crippen LogP contribution < -0.4 is 9.47 Å². The second-order valence-corrected chi connectivity index (χ2v) is 3.56. The summed E-state index contributed by atoms with van der Waals surface area (Å²) in [4.78, 5) is 8.38. The van der Waals surface area contributed by atoms with Crippen molar-refractivity contribution in [2.75, 3.05) is 6.79 Å². The minimum Gasteiger partial charge on any atom is -0.454 e. The summed E-state index contributed by atoms with van der Waals surface area (Å²) >= 11 is 0. The highest BCUT2D eigenvalue weighted by Gasteiger charge is 2.12. The summed E-state index contributed by atoms with van der Waals surface area (Å²) in [7, 11) is 0. The highest BCUT2D eigenvalue weighted by Crippen LogP contribution is 2.32. The molecule has 0 unspecified atom stereocenters. The van der Waals surface area contributed by atoms with Crippen LogP contribution in [0.3, 0.4) is 0 Å². The van der Waals surface area contributed by atoms with Crippen LogP contribution >= 0.6 is 0 Å². The first-order valence-electron chi connectivity index (χ1n) is 5.26. The molecule has 0 N–H and O–H groups in total. The van der Waals surface area contributed by atoms with Crippen molar-refractivity contribution in [3.05, 3.63) is 48.2 Å². The second-order valence-electron chi connectivity index (χ2n) is 3.56. The molecular weight excluding hydrogens is 216 g/mol. The van der Waals surface area contributed by atoms with Crippen molar-refractivity contribution < 1.29 is 9.47 Å². The van der Waals surface area contributed by atoms with Gasteiger partial charge in [-0.15, -0.1) is 0 Å². The van der Waals surface area contributed by atoms with Gasteiger partial charge in [0, 0.05) is 12.4 Å². The zero-order valence-corrected chi connectivity index (χ0v) is 9.04. The van der Waals surface area contributed by atoms with Gasteiger partial charge in [-0.1, -0.05) is 6.07 Å². The van der Waals surface area contributed by atoms with Gasteiger partial charge in [-0.3, -0.25) is 0 Å². The quantitative estimate of drug-likeness (QED) is 0.739. The van der Waals surface area contributed by atoms with Crippen LogP contribution in [0.2, 0.25) is 0 Å². The highest BCUT2D eigenvalue weighted by atomic mass is 16.7. The average molecular weight is 226 g/mol. The van der Waals surface area contributed by atoms with E-state index in [4.69, 9.17) is 9.47 Å². The fourth-order valence-corrected chi connectivity index (χ4v) is 1.56. The molecular formula is C13H10N2O2. The molecule has 4 nitrogen and oxygen atoms in total. The molecule has 1 aromatic heterocycles. The molecule has 0 radical (unpaired) electrons. The van der Waals surface area contributed by atoms with E-state index in [2.05, 4.69) is 9.98 Å². The number of fused-ring (bicyclic) bond motifs is 1. The van der Waals surface area contributed by atoms with Crippen molar-refractivity contribution in [2.24, 2.45) is 4.99 Å². The molecule has 2 aromatic rings. The van der Waals surface area contributed by atoms with Crippen LogP contribution in [0.5, 0.6) is 11.5 Å². The molecule has 0 bridgehead atoms. The van der Waals surface area contributed by atoms with Crippen LogP contribution in [-0.2, 0) is 0 Å². The molecule has 4 heteroatoms. The fraction of sp³-hybridized carbons (Fsp3) is 0.0769. The van der Waals surface area contributed by atoms with E-state index in [0.717, 1.165) is 17.1 Å². The smallest absolute Gasteiger partial charge is 0.231 e. The van der Waals surface area contributed by atoms with E-state index in [1.54, 1.807) is 12.4 Å². The van der Waals surface area contributed by atoms with Crippen LogP contribution in [0.1, 0.15) is 5.56 Å². The number of hydrogen-bond donors (Lipinski definition) is 0. The zero-order valence-electron chi connectivity index (χ0n) is 9.04. The lowest BCUT2D eigenvalue weighted by Gasteiger charge is -1.97. The number of rotatable bonds is 2. The lowest BCUT2D eigenvalue weighted by atomic mass is 10.2. The first-order valence-corrected chi connectivity index (χ1v) is 5.26. The zero-order chi connectivity index (χ0) is 11.5. The summed E-state index contributed by atoms with van der Waals surface area (Å²) in [6.45, 7) is 0.288. The van der Waals surface area contributed by atoms with E-state index >= 15 is 0 Å². The van der Waals surface area contributed by atoms with Crippen molar-refractivity contribution in [1.29, 1.82) is 0 Å². The Morgan fingerprint density at radius 2 is 2.06 bits per heavy atom. The van der Waals surface area contributed by atoms with Gasteiger partial charge in [-0.25, -0.2) is 9.98 Å². The Morgan fingerprint density at radius 3 is 2.94 bits per heavy atom. The van der Waals surface area contributed by atoms with Gasteiger partial charge in [0.05, 0.1) is 0 Å². The van der Waals surface area contributed by atoms with Crippen molar-refractivity contribution in [1.82, 2.24) is 4.98 Å². The summed E-state index contributed by atoms with van der Waals surface area (Å²) in [5.74, 6) is 2.22. The lowest BCUT2D eigenvalue weighted by molar-refractivity contribution is 0.174. The molecule has 1 aliphatic rings. The molecule has 0 saturated carbocycles. The number of benzene rings is 1. The number of hydrogen-bond acceptors (Lipinski definition) is 4. The molecule has 1 aromatic carbocycles. The molecule has 2 heterocycles. The van der Waals surface area contributed by atoms with E-state index in [1.165, 1.54) is 0 Å². The van der Waals surface area contributed by atoms with Crippen LogP contribution in [0.4, 0.5) is 5.82 Å². The lowest BCUT2D eigenvalue weighted by Crippen LogP contribution is -1.92. The Labute approximate surface area is 98.6 Å². The average Bonchev–Trinajstić information content (AvgIpc) is 2.85. The summed E-state index contributed by atoms with van der Waals surface area (Å²) in [5.41, 5.74) is 0.958. The molecule has 0 aliphatic carbocycles. The Morgan fingerprint density at radius 1 is 1.12 bits per heavy atom. The van der Waals surface area contributed by atoms with Gasteiger partial charge >= 0.3 is 0 Å². The summed E-state index contributed by atoms with van der Waals surface area (Å²) in [6, 6.07) is 11.3. The number of pyridine rings is 1. The number of ether oxygens (including phenoxy) is 2. The standard InChI is InChI=1S/C13H10N2O2/c1-2-6-14-13(3-1)15-8-10-4-5-11-12(7-10)17-9-16-11/h1-8H,9H2/b15-8-. The fourth-order valence-electron chi connectivity index (χ4n) is 1.56. The van der Waals surface area contributed by atoms with Crippen LogP contribution in [0.15, 0.2) is 47.6 Å². The Bertz CT molecular complexity index is 553. The van der Waals surface area contributed by atoms with Gasteiger partial charge in [-0.05, 0) is 35.9 Å². The maximum absolute atomic E-state index is 5.29. The largest absolute Gasteiger partial charge is 0.454 e. The van der Waals surface area contributed by atoms with Crippen molar-refractivity contribution in [3.8, 4) is 11.5 Å². The minimum atomic E-state index is 0.288. The van der Waals surface area contributed by atoms with Gasteiger partial charge in [0.15, 0.2) is 17.3 Å². The number of aliphatic imine (C=N–C) groups is 1. The molecule has 0 atom stereocenters. The number of nitrogens with zero attached hydrogens (tertiary/aromatic N) is 2. The second kappa shape index (κ2) is 4.25. The summed E-state index contributed by atoms with van der Waals surface area (Å²) < 4.78 is 10.5. The van der Waals surface area contributed by atoms with E-state index in [0.29, 0.717) is 5.82 Å². The van der Waals surface area contributed by atoms with Crippen LogP contribution in [0, 0.1) is 0 Å². The maximum Gasteiger partial charge on any atom is 0.231 e. The Hall–Kier alpha value is -2.36. The van der Waals surface area contributed by atoms with Crippen molar-refractivity contribution in [2.45, 2.75) is 0 Å². The Balaban J connectivity index is 1.84. The van der Waals surface area contributed by atoms with Crippen LogP contribution in [-0.4, -0.2) is 18.0 Å². The highest BCUT2D eigenvalue weighted by molar-refractivity contribution is 5.82. The summed E-state index contributed by atoms with van der Waals surface area (Å²) in [6.07, 6.45) is 3.47. The first-order chi connectivity index (χ1) is 8.42. The summed E-state index contributed by atoms with van der Waals surface area (Å²) in [5, 5.41) is 0. The molecule has 1 aliphatic heterocycles. The van der Waals surface area contributed by atoms with Crippen LogP contribution in [0.25, 0.3) is 0 Å². The number of aromatic nitrogens is 1. The predicted molar refractivity (Wildman–Crippen MR) is 64.1 cm³/mol. The predicted octanol–water partition coefficient (Wildman–Crippen LogP) is 2.56. The molecule has 0 fully saturated rings. The molecule has 3 rings (SSSR count). The van der Waals surface area contributed by atoms with Gasteiger partial charge in [0.1, 0.15) is 0 Å². The van der Waals surface area contributed by atoms with Crippen molar-refractivity contribution in [3.63, 3.8) is 0 Å². The molecule has 17 heavy (non-hydrogen) atoms. The third kappa shape index (κ3) is 2.10. The van der Waals surface area contributed by atoms with Crippen molar-refractivity contribution >= 4 is 12.0 Å². The van der Waals surface area contributed by atoms with E-state index in [9.17, 15) is 0 Å². The molecule has 0 saturated heterocycles.